The fourth-order valence-electron chi connectivity index (χ4n) is 10.1. The summed E-state index contributed by atoms with van der Waals surface area (Å²) in [5, 5.41) is 2.30. The first-order valence-corrected chi connectivity index (χ1v) is 24.3. The molecular formula is C54H57ClF4N8O6. The van der Waals surface area contributed by atoms with Crippen molar-refractivity contribution in [2.24, 2.45) is 0 Å². The third-order valence-electron chi connectivity index (χ3n) is 13.5. The van der Waals surface area contributed by atoms with Crippen molar-refractivity contribution in [2.75, 3.05) is 62.2 Å². The minimum atomic E-state index is -5.02. The van der Waals surface area contributed by atoms with Crippen molar-refractivity contribution in [3.63, 3.8) is 0 Å². The molecule has 0 saturated carbocycles. The number of nitrogens with zero attached hydrogens (tertiary/aromatic N) is 7. The summed E-state index contributed by atoms with van der Waals surface area (Å²) in [6.45, 7) is 14.8. The number of fused-ring (bicyclic) bond motifs is 1. The highest BCUT2D eigenvalue weighted by atomic mass is 35.5. The maximum absolute atomic E-state index is 18.3. The third-order valence-corrected chi connectivity index (χ3v) is 13.8. The Morgan fingerprint density at radius 2 is 1.66 bits per heavy atom. The molecule has 384 valence electrons. The second kappa shape index (κ2) is 20.2. The first-order chi connectivity index (χ1) is 34.8. The van der Waals surface area contributed by atoms with Gasteiger partial charge in [-0.1, -0.05) is 54.1 Å². The average molecular weight is 1030 g/mol. The molecule has 2 saturated heterocycles. The number of halogens is 5. The lowest BCUT2D eigenvalue weighted by atomic mass is 9.94. The van der Waals surface area contributed by atoms with Gasteiger partial charge in [-0.2, -0.15) is 23.1 Å². The Bertz CT molecular complexity index is 3010. The number of amides is 1. The molecule has 73 heavy (non-hydrogen) atoms. The quantitative estimate of drug-likeness (QED) is 0.0819. The number of carbonyl (C=O) groups is 1. The molecule has 14 nitrogen and oxygen atoms in total. The molecule has 6 aromatic rings. The van der Waals surface area contributed by atoms with Crippen LogP contribution in [0.3, 0.4) is 0 Å². The van der Waals surface area contributed by atoms with Crippen LogP contribution in [0.15, 0.2) is 85.1 Å². The summed E-state index contributed by atoms with van der Waals surface area (Å²) in [6.07, 6.45) is -1.77. The summed E-state index contributed by atoms with van der Waals surface area (Å²) in [5.41, 5.74) is -1.19. The molecule has 19 heteroatoms. The van der Waals surface area contributed by atoms with E-state index >= 15 is 17.6 Å². The Morgan fingerprint density at radius 3 is 2.29 bits per heavy atom. The predicted molar refractivity (Wildman–Crippen MR) is 271 cm³/mol. The highest BCUT2D eigenvalue weighted by molar-refractivity contribution is 6.36. The van der Waals surface area contributed by atoms with Gasteiger partial charge < -0.3 is 33.5 Å². The van der Waals surface area contributed by atoms with Crippen molar-refractivity contribution in [1.29, 1.82) is 0 Å². The number of hydrogen-bond acceptors (Lipinski definition) is 13. The van der Waals surface area contributed by atoms with Gasteiger partial charge in [-0.05, 0) is 114 Å². The minimum Gasteiger partial charge on any atom is -0.497 e. The molecule has 1 N–H and O–H groups in total. The number of nitrogens with one attached hydrogen (secondary N) is 1. The van der Waals surface area contributed by atoms with Gasteiger partial charge in [0.2, 0.25) is 0 Å². The summed E-state index contributed by atoms with van der Waals surface area (Å²) in [7, 11) is 3.11. The average Bonchev–Trinajstić information content (AvgIpc) is 3.80. The van der Waals surface area contributed by atoms with Crippen LogP contribution in [0.4, 0.5) is 39.8 Å². The first-order valence-electron chi connectivity index (χ1n) is 24.0. The molecule has 0 unspecified atom stereocenters. The van der Waals surface area contributed by atoms with E-state index in [1.165, 1.54) is 19.2 Å². The van der Waals surface area contributed by atoms with Gasteiger partial charge in [0.25, 0.3) is 0 Å². The second-order valence-electron chi connectivity index (χ2n) is 19.7. The zero-order valence-electron chi connectivity index (χ0n) is 41.8. The molecule has 3 aliphatic heterocycles. The van der Waals surface area contributed by atoms with Gasteiger partial charge in [-0.3, -0.25) is 10.2 Å². The van der Waals surface area contributed by atoms with Crippen LogP contribution < -0.4 is 34.1 Å². The largest absolute Gasteiger partial charge is 0.497 e. The van der Waals surface area contributed by atoms with Crippen molar-refractivity contribution in [2.45, 2.75) is 90.3 Å². The number of ether oxygens (including phenoxy) is 5. The maximum atomic E-state index is 18.3. The number of rotatable bonds is 14. The Balaban J connectivity index is 1.22. The van der Waals surface area contributed by atoms with Crippen molar-refractivity contribution in [1.82, 2.24) is 24.8 Å². The normalized spacial score (nSPS) is 17.2. The molecule has 0 spiro atoms. The van der Waals surface area contributed by atoms with Crippen LogP contribution in [-0.2, 0) is 24.0 Å². The van der Waals surface area contributed by atoms with Crippen LogP contribution in [0.5, 0.6) is 23.3 Å². The smallest absolute Gasteiger partial charge is 0.418 e. The van der Waals surface area contributed by atoms with Crippen LogP contribution in [0.1, 0.15) is 80.8 Å². The fraction of sp³-hybridized carbons (Fsp3) is 0.389. The molecular weight excluding hydrogens is 968 g/mol. The van der Waals surface area contributed by atoms with Crippen molar-refractivity contribution < 1.29 is 46.0 Å². The second-order valence-corrected chi connectivity index (χ2v) is 20.1. The van der Waals surface area contributed by atoms with E-state index in [9.17, 15) is 4.79 Å². The van der Waals surface area contributed by atoms with Crippen LogP contribution in [0.25, 0.3) is 22.2 Å². The van der Waals surface area contributed by atoms with Gasteiger partial charge in [-0.15, -0.1) is 0 Å². The molecule has 1 amide bonds. The number of alkyl halides is 3. The number of aryl methyl sites for hydroxylation is 1. The van der Waals surface area contributed by atoms with Crippen molar-refractivity contribution in [3.8, 4) is 34.5 Å². The van der Waals surface area contributed by atoms with E-state index in [-0.39, 0.29) is 78.6 Å². The fourth-order valence-corrected chi connectivity index (χ4v) is 10.5. The van der Waals surface area contributed by atoms with Crippen LogP contribution in [0, 0.1) is 12.7 Å². The SMILES string of the molecule is C=C1CN2CCC[C@@]2(COc2nc3c4c(c(Cl)c(-c5nc(N(Cc6ccc(OC)cc6)Cc6ccc(OC)cc6)cc(C)c5C(F)(F)F)c(F)c4n2)OCCN3[C@H](C)c2cccnc2NC(=O)OC(C)(C)C)C1. The number of carbonyl (C=O) groups excluding carboxylic acids is 1. The Labute approximate surface area is 426 Å². The van der Waals surface area contributed by atoms with E-state index in [4.69, 9.17) is 45.3 Å². The summed E-state index contributed by atoms with van der Waals surface area (Å²) in [6, 6.07) is 18.5. The van der Waals surface area contributed by atoms with Crippen LogP contribution >= 0.6 is 11.6 Å². The number of methoxy groups -OCH3 is 2. The van der Waals surface area contributed by atoms with Crippen molar-refractivity contribution >= 4 is 46.1 Å². The van der Waals surface area contributed by atoms with E-state index in [1.54, 1.807) is 76.3 Å². The molecule has 9 rings (SSSR count). The summed E-state index contributed by atoms with van der Waals surface area (Å²) in [5.74, 6) is 0.375. The topological polar surface area (TPSA) is 137 Å². The molecule has 0 radical (unpaired) electrons. The van der Waals surface area contributed by atoms with Gasteiger partial charge in [0.05, 0.1) is 59.6 Å². The predicted octanol–water partition coefficient (Wildman–Crippen LogP) is 11.9. The van der Waals surface area contributed by atoms with Gasteiger partial charge in [0.15, 0.2) is 11.6 Å². The highest BCUT2D eigenvalue weighted by Crippen LogP contribution is 2.52. The van der Waals surface area contributed by atoms with E-state index in [2.05, 4.69) is 26.8 Å². The molecule has 2 atom stereocenters. The summed E-state index contributed by atoms with van der Waals surface area (Å²) >= 11 is 7.27. The number of pyridine rings is 2. The van der Waals surface area contributed by atoms with E-state index in [1.807, 2.05) is 36.1 Å². The molecule has 0 bridgehead atoms. The minimum absolute atomic E-state index is 0.00506. The van der Waals surface area contributed by atoms with E-state index in [0.29, 0.717) is 30.0 Å². The molecule has 3 aliphatic rings. The van der Waals surface area contributed by atoms with Crippen LogP contribution in [-0.4, -0.2) is 89.1 Å². The molecule has 3 aromatic carbocycles. The molecule has 0 aliphatic carbocycles. The Morgan fingerprint density at radius 1 is 0.986 bits per heavy atom. The number of anilines is 3. The number of aromatic nitrogens is 4. The Hall–Kier alpha value is -6.92. The highest BCUT2D eigenvalue weighted by Gasteiger charge is 2.47. The van der Waals surface area contributed by atoms with Crippen LogP contribution in [0.2, 0.25) is 5.02 Å². The third kappa shape index (κ3) is 10.5. The van der Waals surface area contributed by atoms with Crippen molar-refractivity contribution in [3.05, 3.63) is 124 Å². The van der Waals surface area contributed by atoms with Gasteiger partial charge >= 0.3 is 18.3 Å². The first kappa shape index (κ1) is 51.0. The number of benzene rings is 3. The molecule has 3 aromatic heterocycles. The lowest BCUT2D eigenvalue weighted by molar-refractivity contribution is -0.137. The van der Waals surface area contributed by atoms with Gasteiger partial charge in [0, 0.05) is 31.4 Å². The zero-order chi connectivity index (χ0) is 52.0. The lowest BCUT2D eigenvalue weighted by Gasteiger charge is -2.32. The zero-order valence-corrected chi connectivity index (χ0v) is 42.5. The monoisotopic (exact) mass is 1020 g/mol. The number of hydrogen-bond donors (Lipinski definition) is 1. The standard InChI is InChI=1S/C54H57ClF4N8O6/c1-31-26-53(20-10-22-66(53)27-31)30-72-50-62-46-41-47(71-24-23-67(49(41)64-50)33(3)38-11-9-21-60-48(38)63-51(68)73-52(4,5)6)43(55)40(44(46)56)45-42(54(57,58)59)32(2)25-39(61-45)65(28-34-12-16-36(69-7)17-13-34)29-35-14-18-37(70-8)19-15-35/h9,11-19,21,25,33H,1,10,20,22-24,26-30H2,2-8H3,(H,60,63,68)/t33-,53+/m1/s1. The maximum Gasteiger partial charge on any atom is 0.418 e. The summed E-state index contributed by atoms with van der Waals surface area (Å²) in [4.78, 5) is 37.8. The molecule has 2 fully saturated rings. The summed E-state index contributed by atoms with van der Waals surface area (Å²) < 4.78 is 94.4. The van der Waals surface area contributed by atoms with Gasteiger partial charge in [0.1, 0.15) is 53.3 Å². The van der Waals surface area contributed by atoms with E-state index in [0.717, 1.165) is 36.1 Å². The Kier molecular flexibility index (Phi) is 14.1. The van der Waals surface area contributed by atoms with E-state index < -0.39 is 57.1 Å². The van der Waals surface area contributed by atoms with Gasteiger partial charge in [-0.25, -0.2) is 19.2 Å². The molecule has 6 heterocycles. The lowest BCUT2D eigenvalue weighted by Crippen LogP contribution is -2.43.